The van der Waals surface area contributed by atoms with Crippen LogP contribution in [0.15, 0.2) is 18.3 Å². The fourth-order valence-corrected chi connectivity index (χ4v) is 2.39. The van der Waals surface area contributed by atoms with E-state index in [1.165, 1.54) is 0 Å². The summed E-state index contributed by atoms with van der Waals surface area (Å²) in [4.78, 5) is 4.12. The number of halogens is 1. The summed E-state index contributed by atoms with van der Waals surface area (Å²) in [7, 11) is 3.36. The number of aromatic nitrogens is 3. The van der Waals surface area contributed by atoms with E-state index in [1.807, 2.05) is 13.0 Å². The van der Waals surface area contributed by atoms with Crippen LogP contribution in [0.3, 0.4) is 0 Å². The van der Waals surface area contributed by atoms with Gasteiger partial charge in [-0.15, -0.1) is 0 Å². The van der Waals surface area contributed by atoms with E-state index in [1.54, 1.807) is 31.1 Å². The molecule has 0 aliphatic carbocycles. The Kier molecular flexibility index (Phi) is 4.62. The molecule has 1 N–H and O–H groups in total. The van der Waals surface area contributed by atoms with E-state index in [0.717, 1.165) is 16.8 Å². The molecule has 1 atom stereocenters. The fraction of sp³-hybridized carbons (Fsp3) is 0.429. The van der Waals surface area contributed by atoms with Gasteiger partial charge in [0.1, 0.15) is 5.15 Å². The van der Waals surface area contributed by atoms with Gasteiger partial charge in [0.05, 0.1) is 18.9 Å². The normalized spacial score (nSPS) is 12.4. The molecule has 5 nitrogen and oxygen atoms in total. The third-order valence-electron chi connectivity index (χ3n) is 3.19. The summed E-state index contributed by atoms with van der Waals surface area (Å²) in [6.07, 6.45) is 2.18. The Balaban J connectivity index is 2.02. The third-order valence-corrected chi connectivity index (χ3v) is 3.66. The largest absolute Gasteiger partial charge is 0.481 e. The van der Waals surface area contributed by atoms with E-state index >= 15 is 0 Å². The van der Waals surface area contributed by atoms with Gasteiger partial charge in [0.2, 0.25) is 5.88 Å². The highest BCUT2D eigenvalue weighted by Crippen LogP contribution is 2.21. The number of rotatable bonds is 5. The monoisotopic (exact) mass is 295 g/mol. The van der Waals surface area contributed by atoms with Gasteiger partial charge in [0, 0.05) is 37.7 Å². The van der Waals surface area contributed by atoms with Gasteiger partial charge in [-0.3, -0.25) is 4.68 Å². The lowest BCUT2D eigenvalue weighted by Crippen LogP contribution is -2.14. The zero-order valence-electron chi connectivity index (χ0n) is 11.8. The number of hydrogen-bond acceptors (Lipinski definition) is 4. The van der Waals surface area contributed by atoms with Crippen LogP contribution in [-0.2, 0) is 19.9 Å². The molecule has 0 bridgehead atoms. The van der Waals surface area contributed by atoms with Crippen LogP contribution in [0.2, 0.25) is 5.15 Å². The number of aryl methyl sites for hydroxylation is 2. The van der Waals surface area contributed by atoms with Crippen LogP contribution in [0.4, 0.5) is 0 Å². The quantitative estimate of drug-likeness (QED) is 0.916. The first kappa shape index (κ1) is 14.8. The van der Waals surface area contributed by atoms with Gasteiger partial charge in [-0.1, -0.05) is 17.7 Å². The molecule has 2 rings (SSSR count). The summed E-state index contributed by atoms with van der Waals surface area (Å²) < 4.78 is 6.62. The smallest absolute Gasteiger partial charge is 0.212 e. The van der Waals surface area contributed by atoms with Crippen molar-refractivity contribution in [2.75, 3.05) is 7.11 Å². The highest BCUT2D eigenvalue weighted by atomic mass is 35.5. The lowest BCUT2D eigenvalue weighted by molar-refractivity contribution is 0.175. The first-order valence-electron chi connectivity index (χ1n) is 6.36. The lowest BCUT2D eigenvalue weighted by atomic mass is 10.0. The topological polar surface area (TPSA) is 60.2 Å². The number of aliphatic hydroxyl groups excluding tert-OH is 1. The van der Waals surface area contributed by atoms with Gasteiger partial charge >= 0.3 is 0 Å². The molecular weight excluding hydrogens is 278 g/mol. The summed E-state index contributed by atoms with van der Waals surface area (Å²) >= 11 is 6.16. The first-order chi connectivity index (χ1) is 9.51. The number of methoxy groups -OCH3 is 1. The summed E-state index contributed by atoms with van der Waals surface area (Å²) in [5.41, 5.74) is 2.70. The average Bonchev–Trinajstić information content (AvgIpc) is 2.66. The second kappa shape index (κ2) is 6.24. The average molecular weight is 296 g/mol. The molecule has 0 fully saturated rings. The van der Waals surface area contributed by atoms with Crippen LogP contribution >= 0.6 is 11.6 Å². The maximum absolute atomic E-state index is 10.2. The molecule has 1 unspecified atom stereocenters. The minimum absolute atomic E-state index is 0.477. The molecule has 0 amide bonds. The number of aliphatic hydroxyl groups is 1. The van der Waals surface area contributed by atoms with Crippen LogP contribution in [0.1, 0.15) is 16.8 Å². The van der Waals surface area contributed by atoms with Crippen LogP contribution in [0.25, 0.3) is 0 Å². The summed E-state index contributed by atoms with van der Waals surface area (Å²) in [6, 6.07) is 3.68. The molecule has 20 heavy (non-hydrogen) atoms. The number of pyridine rings is 1. The minimum atomic E-state index is -0.523. The highest BCUT2D eigenvalue weighted by Gasteiger charge is 2.16. The number of ether oxygens (including phenoxy) is 1. The molecular formula is C14H18ClN3O2. The maximum atomic E-state index is 10.2. The number of hydrogen-bond donors (Lipinski definition) is 1. The fourth-order valence-electron chi connectivity index (χ4n) is 2.14. The van der Waals surface area contributed by atoms with Crippen LogP contribution in [0, 0.1) is 6.92 Å². The predicted molar refractivity (Wildman–Crippen MR) is 77.2 cm³/mol. The Morgan fingerprint density at radius 1 is 1.40 bits per heavy atom. The van der Waals surface area contributed by atoms with Crippen LogP contribution in [-0.4, -0.2) is 33.1 Å². The Morgan fingerprint density at radius 3 is 2.65 bits per heavy atom. The Labute approximate surface area is 123 Å². The van der Waals surface area contributed by atoms with Gasteiger partial charge in [-0.25, -0.2) is 4.98 Å². The predicted octanol–water partition coefficient (Wildman–Crippen LogP) is 1.93. The zero-order valence-corrected chi connectivity index (χ0v) is 12.6. The molecule has 6 heteroatoms. The van der Waals surface area contributed by atoms with E-state index < -0.39 is 6.10 Å². The van der Waals surface area contributed by atoms with Crippen molar-refractivity contribution < 1.29 is 9.84 Å². The Hall–Kier alpha value is -1.59. The molecule has 2 aromatic rings. The van der Waals surface area contributed by atoms with Crippen molar-refractivity contribution in [3.05, 3.63) is 40.3 Å². The summed E-state index contributed by atoms with van der Waals surface area (Å²) in [6.45, 7) is 1.89. The molecule has 2 aromatic heterocycles. The second-order valence-corrected chi connectivity index (χ2v) is 5.11. The van der Waals surface area contributed by atoms with E-state index in [9.17, 15) is 5.11 Å². The molecule has 2 heterocycles. The zero-order chi connectivity index (χ0) is 14.7. The summed E-state index contributed by atoms with van der Waals surface area (Å²) in [5.74, 6) is 0.564. The van der Waals surface area contributed by atoms with E-state index in [2.05, 4.69) is 10.1 Å². The van der Waals surface area contributed by atoms with Gasteiger partial charge < -0.3 is 9.84 Å². The molecule has 0 aliphatic heterocycles. The molecule has 0 radical (unpaired) electrons. The van der Waals surface area contributed by atoms with Crippen molar-refractivity contribution >= 4 is 11.6 Å². The Bertz CT molecular complexity index is 581. The Morgan fingerprint density at radius 2 is 2.15 bits per heavy atom. The standard InChI is InChI=1S/C14H18ClN3O2/c1-9-12(14(15)18(2)17-9)7-11(19)6-10-4-5-13(20-3)16-8-10/h4-5,8,11,19H,6-7H2,1-3H3. The number of nitrogens with zero attached hydrogens (tertiary/aromatic N) is 3. The molecule has 0 aliphatic rings. The minimum Gasteiger partial charge on any atom is -0.481 e. The van der Waals surface area contributed by atoms with Crippen molar-refractivity contribution in [3.8, 4) is 5.88 Å². The van der Waals surface area contributed by atoms with Gasteiger partial charge in [-0.2, -0.15) is 5.10 Å². The van der Waals surface area contributed by atoms with E-state index in [-0.39, 0.29) is 0 Å². The van der Waals surface area contributed by atoms with Crippen molar-refractivity contribution in [3.63, 3.8) is 0 Å². The molecule has 0 saturated carbocycles. The van der Waals surface area contributed by atoms with E-state index in [4.69, 9.17) is 16.3 Å². The van der Waals surface area contributed by atoms with Crippen LogP contribution in [0.5, 0.6) is 5.88 Å². The SMILES string of the molecule is COc1ccc(CC(O)Cc2c(C)nn(C)c2Cl)cn1. The van der Waals surface area contributed by atoms with Crippen molar-refractivity contribution in [2.45, 2.75) is 25.9 Å². The van der Waals surface area contributed by atoms with Crippen molar-refractivity contribution in [2.24, 2.45) is 7.05 Å². The van der Waals surface area contributed by atoms with Crippen LogP contribution < -0.4 is 4.74 Å². The van der Waals surface area contributed by atoms with Gasteiger partial charge in [0.15, 0.2) is 0 Å². The van der Waals surface area contributed by atoms with Crippen molar-refractivity contribution in [1.29, 1.82) is 0 Å². The molecule has 0 spiro atoms. The molecule has 108 valence electrons. The molecule has 0 saturated heterocycles. The van der Waals surface area contributed by atoms with Crippen molar-refractivity contribution in [1.82, 2.24) is 14.8 Å². The highest BCUT2D eigenvalue weighted by molar-refractivity contribution is 6.30. The third kappa shape index (κ3) is 3.29. The second-order valence-electron chi connectivity index (χ2n) is 4.75. The summed E-state index contributed by atoms with van der Waals surface area (Å²) in [5, 5.41) is 15.0. The lowest BCUT2D eigenvalue weighted by Gasteiger charge is -2.10. The maximum Gasteiger partial charge on any atom is 0.212 e. The van der Waals surface area contributed by atoms with Gasteiger partial charge in [0.25, 0.3) is 0 Å². The first-order valence-corrected chi connectivity index (χ1v) is 6.74. The van der Waals surface area contributed by atoms with E-state index in [0.29, 0.717) is 23.9 Å². The van der Waals surface area contributed by atoms with Gasteiger partial charge in [-0.05, 0) is 12.5 Å². The molecule has 0 aromatic carbocycles.